The molecular weight excluding hydrogens is 218 g/mol. The van der Waals surface area contributed by atoms with E-state index in [1.807, 2.05) is 0 Å². The Morgan fingerprint density at radius 1 is 1.57 bits per heavy atom. The molecule has 0 N–H and O–H groups in total. The van der Waals surface area contributed by atoms with E-state index in [1.54, 1.807) is 0 Å². The smallest absolute Gasteiger partial charge is 0.0682 e. The summed E-state index contributed by atoms with van der Waals surface area (Å²) in [5, 5.41) is 0. The molecule has 0 saturated heterocycles. The van der Waals surface area contributed by atoms with E-state index in [1.165, 1.54) is 0 Å². The molecule has 0 atom stereocenters. The minimum atomic E-state index is 0. The van der Waals surface area contributed by atoms with Crippen LogP contribution in [0.25, 0.3) is 0 Å². The molecule has 0 aliphatic rings. The Balaban J connectivity index is 0. The van der Waals surface area contributed by atoms with Gasteiger partial charge in [0.25, 0.3) is 0 Å². The van der Waals surface area contributed by atoms with Crippen molar-refractivity contribution in [3.8, 4) is 0 Å². The second-order valence-electron chi connectivity index (χ2n) is 1.17. The zero-order valence-corrected chi connectivity index (χ0v) is 8.02. The minimum absolute atomic E-state index is 0. The normalized spacial score (nSPS) is 7.71. The van der Waals surface area contributed by atoms with E-state index in [-0.39, 0.29) is 23.9 Å². The molecule has 0 aliphatic heterocycles. The Morgan fingerprint density at radius 3 is 2.29 bits per heavy atom. The summed E-state index contributed by atoms with van der Waals surface area (Å²) in [5.74, 6) is 0. The van der Waals surface area contributed by atoms with E-state index in [0.717, 1.165) is 12.8 Å². The first-order valence-electron chi connectivity index (χ1n) is 2.15. The van der Waals surface area contributed by atoms with Crippen LogP contribution in [0.3, 0.4) is 0 Å². The van der Waals surface area contributed by atoms with Gasteiger partial charge >= 0.3 is 0 Å². The molecule has 0 spiro atoms. The van der Waals surface area contributed by atoms with Gasteiger partial charge in [-0.05, 0) is 6.42 Å². The second-order valence-corrected chi connectivity index (χ2v) is 1.39. The van der Waals surface area contributed by atoms with E-state index in [9.17, 15) is 0 Å². The Kier molecular flexibility index (Phi) is 15.8. The fourth-order valence-corrected chi connectivity index (χ4v) is 0.308. The van der Waals surface area contributed by atoms with Crippen LogP contribution >= 0.6 is 11.9 Å². The average molecular weight is 227 g/mol. The van der Waals surface area contributed by atoms with Crippen LogP contribution in [0.5, 0.6) is 0 Å². The van der Waals surface area contributed by atoms with Crippen LogP contribution in [-0.2, 0) is 4.29 Å². The number of rotatable bonds is 3. The van der Waals surface area contributed by atoms with Crippen molar-refractivity contribution in [1.82, 2.24) is 0 Å². The molecule has 0 rings (SSSR count). The van der Waals surface area contributed by atoms with Crippen molar-refractivity contribution in [2.24, 2.45) is 0 Å². The van der Waals surface area contributed by atoms with Crippen molar-refractivity contribution in [1.29, 1.82) is 0 Å². The van der Waals surface area contributed by atoms with Crippen LogP contribution in [0.2, 0.25) is 0 Å². The summed E-state index contributed by atoms with van der Waals surface area (Å²) >= 11 is 4.88. The molecule has 0 aromatic heterocycles. The van der Waals surface area contributed by atoms with Crippen molar-refractivity contribution < 1.29 is 4.29 Å². The second kappa shape index (κ2) is 10.1. The summed E-state index contributed by atoms with van der Waals surface area (Å²) in [4.78, 5) is 0. The third-order valence-electron chi connectivity index (χ3n) is 0.575. The van der Waals surface area contributed by atoms with E-state index in [2.05, 4.69) is 11.2 Å². The number of hydrogen-bond acceptors (Lipinski definition) is 1. The van der Waals surface area contributed by atoms with E-state index >= 15 is 0 Å². The Morgan fingerprint density at radius 2 is 2.14 bits per heavy atom. The zero-order valence-electron chi connectivity index (χ0n) is 4.41. The summed E-state index contributed by atoms with van der Waals surface area (Å²) < 4.78 is 4.25. The molecule has 0 aromatic carbocycles. The SMILES string of the molecule is CCCCOCl.[Sn]. The van der Waals surface area contributed by atoms with Crippen molar-refractivity contribution in [2.45, 2.75) is 19.8 Å². The monoisotopic (exact) mass is 228 g/mol. The Hall–Kier alpha value is 1.05. The van der Waals surface area contributed by atoms with Gasteiger partial charge in [0.2, 0.25) is 0 Å². The standard InChI is InChI=1S/C4H9ClO.Sn/c1-2-3-4-6-5;/h2-4H2,1H3;. The van der Waals surface area contributed by atoms with Crippen LogP contribution in [0.4, 0.5) is 0 Å². The number of hydrogen-bond donors (Lipinski definition) is 0. The van der Waals surface area contributed by atoms with E-state index in [0.29, 0.717) is 6.61 Å². The summed E-state index contributed by atoms with van der Waals surface area (Å²) in [7, 11) is 0. The Bertz CT molecular complexity index is 23.7. The quantitative estimate of drug-likeness (QED) is 0.525. The summed E-state index contributed by atoms with van der Waals surface area (Å²) in [6.45, 7) is 2.77. The van der Waals surface area contributed by atoms with Crippen molar-refractivity contribution in [2.75, 3.05) is 6.61 Å². The summed E-state index contributed by atoms with van der Waals surface area (Å²) in [6, 6.07) is 0. The van der Waals surface area contributed by atoms with Gasteiger partial charge in [-0.25, -0.2) is 0 Å². The van der Waals surface area contributed by atoms with Crippen LogP contribution in [-0.4, -0.2) is 30.5 Å². The first-order valence-corrected chi connectivity index (χ1v) is 2.46. The molecule has 0 amide bonds. The van der Waals surface area contributed by atoms with Gasteiger partial charge < -0.3 is 0 Å². The maximum Gasteiger partial charge on any atom is 0.0682 e. The first kappa shape index (κ1) is 10.9. The minimum Gasteiger partial charge on any atom is -0.279 e. The number of halogens is 1. The summed E-state index contributed by atoms with van der Waals surface area (Å²) in [6.07, 6.45) is 2.20. The fraction of sp³-hybridized carbons (Fsp3) is 1.00. The molecule has 7 heavy (non-hydrogen) atoms. The molecule has 0 heterocycles. The van der Waals surface area contributed by atoms with Gasteiger partial charge in [-0.3, -0.25) is 4.29 Å². The average Bonchev–Trinajstić information content (AvgIpc) is 1.61. The van der Waals surface area contributed by atoms with Gasteiger partial charge in [0, 0.05) is 23.9 Å². The molecule has 3 heteroatoms. The van der Waals surface area contributed by atoms with E-state index in [4.69, 9.17) is 11.9 Å². The molecular formula is C4H9ClOSn. The molecule has 0 fully saturated rings. The van der Waals surface area contributed by atoms with Gasteiger partial charge in [0.05, 0.1) is 18.5 Å². The topological polar surface area (TPSA) is 9.23 Å². The molecule has 0 saturated carbocycles. The molecule has 1 nitrogen and oxygen atoms in total. The summed E-state index contributed by atoms with van der Waals surface area (Å²) in [5.41, 5.74) is 0. The van der Waals surface area contributed by atoms with Gasteiger partial charge in [-0.1, -0.05) is 13.3 Å². The largest absolute Gasteiger partial charge is 0.279 e. The third kappa shape index (κ3) is 11.0. The molecule has 0 aliphatic carbocycles. The molecule has 0 bridgehead atoms. The van der Waals surface area contributed by atoms with Crippen LogP contribution in [0.1, 0.15) is 19.8 Å². The fourth-order valence-electron chi connectivity index (χ4n) is 0.199. The van der Waals surface area contributed by atoms with Gasteiger partial charge in [0.1, 0.15) is 0 Å². The Labute approximate surface area is 66.5 Å². The predicted molar refractivity (Wildman–Crippen MR) is 32.5 cm³/mol. The maximum atomic E-state index is 4.88. The van der Waals surface area contributed by atoms with Gasteiger partial charge in [-0.2, -0.15) is 0 Å². The molecule has 0 unspecified atom stereocenters. The van der Waals surface area contributed by atoms with Crippen molar-refractivity contribution >= 4 is 35.8 Å². The number of unbranched alkanes of at least 4 members (excludes halogenated alkanes) is 1. The predicted octanol–water partition coefficient (Wildman–Crippen LogP) is 1.58. The molecule has 42 valence electrons. The van der Waals surface area contributed by atoms with E-state index < -0.39 is 0 Å². The van der Waals surface area contributed by atoms with Crippen molar-refractivity contribution in [3.05, 3.63) is 0 Å². The van der Waals surface area contributed by atoms with Gasteiger partial charge in [-0.15, -0.1) is 0 Å². The third-order valence-corrected chi connectivity index (χ3v) is 0.729. The maximum absolute atomic E-state index is 4.88. The molecule has 0 aromatic rings. The zero-order chi connectivity index (χ0) is 4.83. The van der Waals surface area contributed by atoms with Gasteiger partial charge in [0.15, 0.2) is 0 Å². The van der Waals surface area contributed by atoms with Crippen LogP contribution < -0.4 is 0 Å². The van der Waals surface area contributed by atoms with Crippen LogP contribution in [0, 0.1) is 0 Å². The molecule has 4 radical (unpaired) electrons. The van der Waals surface area contributed by atoms with Crippen molar-refractivity contribution in [3.63, 3.8) is 0 Å². The first-order chi connectivity index (χ1) is 2.91. The van der Waals surface area contributed by atoms with Crippen LogP contribution in [0.15, 0.2) is 0 Å².